The third-order valence-electron chi connectivity index (χ3n) is 6.40. The van der Waals surface area contributed by atoms with Crippen molar-refractivity contribution < 1.29 is 24.1 Å². The van der Waals surface area contributed by atoms with Crippen molar-refractivity contribution in [1.29, 1.82) is 0 Å². The monoisotopic (exact) mass is 505 g/mol. The van der Waals surface area contributed by atoms with Crippen molar-refractivity contribution in [2.75, 3.05) is 39.5 Å². The summed E-state index contributed by atoms with van der Waals surface area (Å²) in [5.41, 5.74) is 9.83. The third kappa shape index (κ3) is 5.77. The van der Waals surface area contributed by atoms with Crippen LogP contribution in [0.25, 0.3) is 10.4 Å². The first-order chi connectivity index (χ1) is 18.1. The number of rotatable bonds is 11. The van der Waals surface area contributed by atoms with Gasteiger partial charge in [0.05, 0.1) is 26.4 Å². The molecule has 37 heavy (non-hydrogen) atoms. The van der Waals surface area contributed by atoms with Crippen molar-refractivity contribution in [3.8, 4) is 5.75 Å². The molecular weight excluding hydrogens is 474 g/mol. The van der Waals surface area contributed by atoms with E-state index in [0.717, 1.165) is 11.1 Å². The molecule has 2 aromatic rings. The molecule has 0 aromatic heterocycles. The van der Waals surface area contributed by atoms with E-state index in [0.29, 0.717) is 56.5 Å². The fourth-order valence-corrected chi connectivity index (χ4v) is 4.58. The molecule has 2 aromatic carbocycles. The Labute approximate surface area is 215 Å². The highest BCUT2D eigenvalue weighted by Crippen LogP contribution is 2.45. The van der Waals surface area contributed by atoms with E-state index in [1.165, 1.54) is 0 Å². The van der Waals surface area contributed by atoms with Crippen molar-refractivity contribution in [2.45, 2.75) is 31.0 Å². The Morgan fingerprint density at radius 3 is 2.73 bits per heavy atom. The minimum absolute atomic E-state index is 0.0633. The van der Waals surface area contributed by atoms with Crippen LogP contribution in [0.3, 0.4) is 0 Å². The first-order valence-electron chi connectivity index (χ1n) is 12.3. The van der Waals surface area contributed by atoms with Gasteiger partial charge in [0, 0.05) is 43.0 Å². The molecule has 0 saturated carbocycles. The minimum Gasteiger partial charge on any atom is -0.494 e. The average molecular weight is 506 g/mol. The Balaban J connectivity index is 1.75. The molecule has 10 nitrogen and oxygen atoms in total. The summed E-state index contributed by atoms with van der Waals surface area (Å²) in [7, 11) is 0. The lowest BCUT2D eigenvalue weighted by molar-refractivity contribution is -0.143. The van der Waals surface area contributed by atoms with Crippen LogP contribution in [0.2, 0.25) is 0 Å². The van der Waals surface area contributed by atoms with Gasteiger partial charge >= 0.3 is 0 Å². The van der Waals surface area contributed by atoms with E-state index in [1.54, 1.807) is 23.1 Å². The van der Waals surface area contributed by atoms with Crippen LogP contribution in [0, 0.1) is 0 Å². The number of amides is 1. The number of ether oxygens (including phenoxy) is 3. The lowest BCUT2D eigenvalue weighted by Gasteiger charge is -2.37. The highest BCUT2D eigenvalue weighted by molar-refractivity contribution is 6.01. The summed E-state index contributed by atoms with van der Waals surface area (Å²) in [6, 6.07) is 14.7. The van der Waals surface area contributed by atoms with Gasteiger partial charge in [-0.25, -0.2) is 4.99 Å². The second-order valence-corrected chi connectivity index (χ2v) is 8.77. The predicted octanol–water partition coefficient (Wildman–Crippen LogP) is 3.95. The SMILES string of the molecule is C=CC[C@@]1(C(=O)N2CCOCC2)N=C(c2ccc(OCCCO)cc2)O[C@@H]1c1ccccc1CN=[N+]=[N-]. The molecule has 0 radical (unpaired) electrons. The van der Waals surface area contributed by atoms with Crippen LogP contribution in [0.5, 0.6) is 5.75 Å². The first-order valence-corrected chi connectivity index (χ1v) is 12.3. The van der Waals surface area contributed by atoms with E-state index in [2.05, 4.69) is 16.6 Å². The number of hydrogen-bond donors (Lipinski definition) is 1. The molecule has 2 atom stereocenters. The number of hydrogen-bond acceptors (Lipinski definition) is 7. The number of nitrogens with zero attached hydrogens (tertiary/aromatic N) is 5. The van der Waals surface area contributed by atoms with Crippen molar-refractivity contribution in [3.05, 3.63) is 88.3 Å². The first kappa shape index (κ1) is 26.2. The summed E-state index contributed by atoms with van der Waals surface area (Å²) < 4.78 is 17.6. The number of aliphatic imine (C=N–C) groups is 1. The van der Waals surface area contributed by atoms with Crippen LogP contribution in [0.1, 0.15) is 35.6 Å². The molecule has 2 aliphatic rings. The van der Waals surface area contributed by atoms with Crippen LogP contribution in [-0.2, 0) is 20.8 Å². The molecule has 10 heteroatoms. The van der Waals surface area contributed by atoms with Crippen LogP contribution < -0.4 is 4.74 Å². The zero-order chi connectivity index (χ0) is 26.1. The number of azide groups is 1. The summed E-state index contributed by atoms with van der Waals surface area (Å²) in [6.07, 6.45) is 1.74. The summed E-state index contributed by atoms with van der Waals surface area (Å²) in [5, 5.41) is 12.7. The van der Waals surface area contributed by atoms with E-state index >= 15 is 0 Å². The van der Waals surface area contributed by atoms with Gasteiger partial charge in [-0.2, -0.15) is 0 Å². The van der Waals surface area contributed by atoms with Crippen LogP contribution in [0.15, 0.2) is 71.3 Å². The van der Waals surface area contributed by atoms with E-state index in [4.69, 9.17) is 29.8 Å². The highest BCUT2D eigenvalue weighted by Gasteiger charge is 2.54. The fraction of sp³-hybridized carbons (Fsp3) is 0.407. The minimum atomic E-state index is -1.28. The molecule has 0 aliphatic carbocycles. The molecule has 1 N–H and O–H groups in total. The Morgan fingerprint density at radius 1 is 1.27 bits per heavy atom. The summed E-state index contributed by atoms with van der Waals surface area (Å²) in [4.78, 5) is 23.7. The van der Waals surface area contributed by atoms with Gasteiger partial charge in [0.15, 0.2) is 11.6 Å². The number of benzene rings is 2. The summed E-state index contributed by atoms with van der Waals surface area (Å²) in [5.74, 6) is 0.848. The Bertz CT molecular complexity index is 1170. The largest absolute Gasteiger partial charge is 0.494 e. The molecule has 1 saturated heterocycles. The molecular formula is C27H31N5O5. The quantitative estimate of drug-likeness (QED) is 0.163. The number of morpholine rings is 1. The van der Waals surface area contributed by atoms with Crippen LogP contribution in [-0.4, -0.2) is 66.9 Å². The average Bonchev–Trinajstić information content (AvgIpc) is 3.33. The highest BCUT2D eigenvalue weighted by atomic mass is 16.5. The van der Waals surface area contributed by atoms with E-state index < -0.39 is 11.6 Å². The second kappa shape index (κ2) is 12.4. The van der Waals surface area contributed by atoms with Crippen molar-refractivity contribution >= 4 is 11.8 Å². The Hall–Kier alpha value is -3.85. The maximum atomic E-state index is 14.1. The van der Waals surface area contributed by atoms with E-state index in [-0.39, 0.29) is 25.5 Å². The zero-order valence-electron chi connectivity index (χ0n) is 20.7. The lowest BCUT2D eigenvalue weighted by atomic mass is 9.82. The fourth-order valence-electron chi connectivity index (χ4n) is 4.58. The van der Waals surface area contributed by atoms with Crippen LogP contribution in [0.4, 0.5) is 0 Å². The van der Waals surface area contributed by atoms with Crippen LogP contribution >= 0.6 is 0 Å². The molecule has 1 fully saturated rings. The number of carbonyl (C=O) groups is 1. The van der Waals surface area contributed by atoms with Gasteiger partial charge in [-0.15, -0.1) is 6.58 Å². The Morgan fingerprint density at radius 2 is 2.03 bits per heavy atom. The lowest BCUT2D eigenvalue weighted by Crippen LogP contribution is -2.53. The molecule has 194 valence electrons. The molecule has 0 unspecified atom stereocenters. The van der Waals surface area contributed by atoms with Gasteiger partial charge < -0.3 is 24.2 Å². The van der Waals surface area contributed by atoms with Gasteiger partial charge in [0.25, 0.3) is 5.91 Å². The van der Waals surface area contributed by atoms with Gasteiger partial charge in [-0.1, -0.05) is 35.5 Å². The van der Waals surface area contributed by atoms with Gasteiger partial charge in [0.1, 0.15) is 5.75 Å². The number of carbonyl (C=O) groups excluding carboxylic acids is 1. The van der Waals surface area contributed by atoms with Crippen molar-refractivity contribution in [3.63, 3.8) is 0 Å². The van der Waals surface area contributed by atoms with Gasteiger partial charge in [0.2, 0.25) is 5.90 Å². The molecule has 1 amide bonds. The molecule has 4 rings (SSSR count). The summed E-state index contributed by atoms with van der Waals surface area (Å²) >= 11 is 0. The predicted molar refractivity (Wildman–Crippen MR) is 138 cm³/mol. The summed E-state index contributed by atoms with van der Waals surface area (Å²) in [6.45, 7) is 6.38. The molecule has 2 aliphatic heterocycles. The smallest absolute Gasteiger partial charge is 0.255 e. The number of aliphatic hydroxyl groups is 1. The van der Waals surface area contributed by atoms with Crippen molar-refractivity contribution in [2.24, 2.45) is 10.1 Å². The number of aliphatic hydroxyl groups excluding tert-OH is 1. The second-order valence-electron chi connectivity index (χ2n) is 8.77. The van der Waals surface area contributed by atoms with E-state index in [1.807, 2.05) is 36.4 Å². The van der Waals surface area contributed by atoms with Gasteiger partial charge in [-0.3, -0.25) is 4.79 Å². The standard InChI is InChI=1S/C27H31N5O5/c1-2-12-27(26(34)32-13-17-35-18-14-32)24(23-7-4-3-6-21(23)19-29-31-28)37-25(30-27)20-8-10-22(11-9-20)36-16-5-15-33/h2-4,6-11,24,33H,1,5,12-19H2/t24-,27-/m1/s1. The molecule has 0 spiro atoms. The van der Waals surface area contributed by atoms with E-state index in [9.17, 15) is 4.79 Å². The molecule has 2 heterocycles. The Kier molecular flexibility index (Phi) is 8.79. The normalized spacial score (nSPS) is 20.9. The van der Waals surface area contributed by atoms with Crippen molar-refractivity contribution in [1.82, 2.24) is 4.90 Å². The third-order valence-corrected chi connectivity index (χ3v) is 6.40. The topological polar surface area (TPSA) is 129 Å². The molecule has 0 bridgehead atoms. The maximum Gasteiger partial charge on any atom is 0.255 e. The van der Waals surface area contributed by atoms with Gasteiger partial charge in [-0.05, 0) is 40.9 Å². The maximum absolute atomic E-state index is 14.1. The zero-order valence-corrected chi connectivity index (χ0v) is 20.7.